The van der Waals surface area contributed by atoms with Crippen molar-refractivity contribution < 1.29 is 5.21 Å². The highest BCUT2D eigenvalue weighted by molar-refractivity contribution is 5.81. The Kier molecular flexibility index (Phi) is 3.24. The second-order valence-corrected chi connectivity index (χ2v) is 2.43. The van der Waals surface area contributed by atoms with Crippen molar-refractivity contribution in [2.75, 3.05) is 0 Å². The zero-order chi connectivity index (χ0) is 6.57. The van der Waals surface area contributed by atoms with Gasteiger partial charge in [0.05, 0.1) is 5.71 Å². The van der Waals surface area contributed by atoms with E-state index in [4.69, 9.17) is 5.21 Å². The van der Waals surface area contributed by atoms with Gasteiger partial charge < -0.3 is 5.21 Å². The van der Waals surface area contributed by atoms with E-state index >= 15 is 0 Å². The van der Waals surface area contributed by atoms with Gasteiger partial charge in [-0.25, -0.2) is 0 Å². The number of hydrogen-bond donors (Lipinski definition) is 1. The molecule has 48 valence electrons. The Hall–Kier alpha value is -0.530. The molecular weight excluding hydrogens is 102 g/mol. The van der Waals surface area contributed by atoms with Crippen LogP contribution in [0.5, 0.6) is 0 Å². The molecule has 0 aliphatic heterocycles. The van der Waals surface area contributed by atoms with E-state index in [-0.39, 0.29) is 0 Å². The van der Waals surface area contributed by atoms with Gasteiger partial charge in [0.15, 0.2) is 0 Å². The van der Waals surface area contributed by atoms with Gasteiger partial charge in [0.2, 0.25) is 0 Å². The predicted octanol–water partition coefficient (Wildman–Crippen LogP) is 1.88. The lowest BCUT2D eigenvalue weighted by Gasteiger charge is -1.99. The summed E-state index contributed by atoms with van der Waals surface area (Å²) in [6.07, 6.45) is 0.885. The Balaban J connectivity index is 3.39. The van der Waals surface area contributed by atoms with E-state index in [1.165, 1.54) is 0 Å². The third-order valence-corrected chi connectivity index (χ3v) is 0.874. The van der Waals surface area contributed by atoms with Crippen molar-refractivity contribution >= 4 is 5.71 Å². The lowest BCUT2D eigenvalue weighted by Crippen LogP contribution is -1.96. The van der Waals surface area contributed by atoms with Gasteiger partial charge in [-0.05, 0) is 19.3 Å². The second kappa shape index (κ2) is 3.47. The molecule has 0 heterocycles. The molecule has 0 aliphatic carbocycles. The summed E-state index contributed by atoms with van der Waals surface area (Å²) >= 11 is 0. The molecule has 8 heavy (non-hydrogen) atoms. The molecule has 2 nitrogen and oxygen atoms in total. The molecule has 0 spiro atoms. The molecule has 0 radical (unpaired) electrons. The van der Waals surface area contributed by atoms with Crippen molar-refractivity contribution in [1.82, 2.24) is 0 Å². The van der Waals surface area contributed by atoms with Crippen LogP contribution >= 0.6 is 0 Å². The minimum Gasteiger partial charge on any atom is -0.411 e. The van der Waals surface area contributed by atoms with Gasteiger partial charge in [-0.2, -0.15) is 0 Å². The van der Waals surface area contributed by atoms with Crippen LogP contribution in [0.2, 0.25) is 0 Å². The molecule has 0 aromatic heterocycles. The second-order valence-electron chi connectivity index (χ2n) is 2.43. The molecule has 0 amide bonds. The average molecular weight is 115 g/mol. The molecule has 0 saturated heterocycles. The minimum absolute atomic E-state index is 0.589. The molecule has 0 aromatic carbocycles. The number of rotatable bonds is 2. The molecular formula is C6H13NO. The van der Waals surface area contributed by atoms with Gasteiger partial charge in [-0.15, -0.1) is 0 Å². The van der Waals surface area contributed by atoms with Crippen molar-refractivity contribution in [2.45, 2.75) is 27.2 Å². The van der Waals surface area contributed by atoms with E-state index in [0.29, 0.717) is 5.92 Å². The summed E-state index contributed by atoms with van der Waals surface area (Å²) in [7, 11) is 0. The van der Waals surface area contributed by atoms with Crippen LogP contribution < -0.4 is 0 Å². The highest BCUT2D eigenvalue weighted by Crippen LogP contribution is 1.99. The first kappa shape index (κ1) is 7.47. The first-order valence-corrected chi connectivity index (χ1v) is 2.84. The molecule has 0 fully saturated rings. The maximum Gasteiger partial charge on any atom is 0.0542 e. The Morgan fingerprint density at radius 2 is 2.12 bits per heavy atom. The first-order chi connectivity index (χ1) is 3.66. The molecule has 1 N–H and O–H groups in total. The molecule has 0 bridgehead atoms. The van der Waals surface area contributed by atoms with E-state index in [2.05, 4.69) is 19.0 Å². The third kappa shape index (κ3) is 3.65. The molecule has 0 aromatic rings. The van der Waals surface area contributed by atoms with Crippen LogP contribution in [0, 0.1) is 5.92 Å². The Bertz CT molecular complexity index is 86.5. The molecule has 0 unspecified atom stereocenters. The van der Waals surface area contributed by atoms with E-state index in [1.54, 1.807) is 0 Å². The fourth-order valence-electron chi connectivity index (χ4n) is 0.632. The topological polar surface area (TPSA) is 32.6 Å². The smallest absolute Gasteiger partial charge is 0.0542 e. The molecule has 0 saturated carbocycles. The third-order valence-electron chi connectivity index (χ3n) is 0.874. The summed E-state index contributed by atoms with van der Waals surface area (Å²) in [4.78, 5) is 0. The molecule has 0 aliphatic rings. The van der Waals surface area contributed by atoms with Crippen LogP contribution in [-0.2, 0) is 0 Å². The maximum absolute atomic E-state index is 8.17. The van der Waals surface area contributed by atoms with Crippen molar-refractivity contribution in [3.05, 3.63) is 0 Å². The quantitative estimate of drug-likeness (QED) is 0.332. The van der Waals surface area contributed by atoms with E-state index in [0.717, 1.165) is 12.1 Å². The van der Waals surface area contributed by atoms with Crippen LogP contribution in [0.4, 0.5) is 0 Å². The lowest BCUT2D eigenvalue weighted by molar-refractivity contribution is 0.316. The summed E-state index contributed by atoms with van der Waals surface area (Å²) in [6.45, 7) is 6.00. The van der Waals surface area contributed by atoms with E-state index in [1.807, 2.05) is 6.92 Å². The Morgan fingerprint density at radius 1 is 1.62 bits per heavy atom. The van der Waals surface area contributed by atoms with Gasteiger partial charge in [0.25, 0.3) is 0 Å². The summed E-state index contributed by atoms with van der Waals surface area (Å²) < 4.78 is 0. The van der Waals surface area contributed by atoms with Crippen molar-refractivity contribution in [2.24, 2.45) is 11.1 Å². The average Bonchev–Trinajstić information content (AvgIpc) is 1.65. The highest BCUT2D eigenvalue weighted by atomic mass is 16.4. The fraction of sp³-hybridized carbons (Fsp3) is 0.833. The van der Waals surface area contributed by atoms with Gasteiger partial charge in [-0.1, -0.05) is 19.0 Å². The van der Waals surface area contributed by atoms with E-state index in [9.17, 15) is 0 Å². The van der Waals surface area contributed by atoms with Crippen molar-refractivity contribution in [1.29, 1.82) is 0 Å². The molecule has 2 heteroatoms. The maximum atomic E-state index is 8.17. The van der Waals surface area contributed by atoms with Crippen LogP contribution in [-0.4, -0.2) is 10.9 Å². The van der Waals surface area contributed by atoms with E-state index < -0.39 is 0 Å². The van der Waals surface area contributed by atoms with Gasteiger partial charge >= 0.3 is 0 Å². The van der Waals surface area contributed by atoms with Crippen LogP contribution in [0.3, 0.4) is 0 Å². The number of oxime groups is 1. The standard InChI is InChI=1S/C6H13NO/c1-5(2)4-6(3)7-8/h5,8H,4H2,1-3H3/b7-6+. The van der Waals surface area contributed by atoms with Crippen molar-refractivity contribution in [3.63, 3.8) is 0 Å². The number of hydrogen-bond acceptors (Lipinski definition) is 2. The van der Waals surface area contributed by atoms with Crippen LogP contribution in [0.15, 0.2) is 5.16 Å². The number of nitrogens with zero attached hydrogens (tertiary/aromatic N) is 1. The van der Waals surface area contributed by atoms with Gasteiger partial charge in [0.1, 0.15) is 0 Å². The summed E-state index contributed by atoms with van der Waals surface area (Å²) in [5.41, 5.74) is 0.806. The normalized spacial score (nSPS) is 12.8. The molecule has 0 atom stereocenters. The first-order valence-electron chi connectivity index (χ1n) is 2.84. The lowest BCUT2D eigenvalue weighted by atomic mass is 10.1. The van der Waals surface area contributed by atoms with Gasteiger partial charge in [0, 0.05) is 0 Å². The zero-order valence-corrected chi connectivity index (χ0v) is 5.68. The van der Waals surface area contributed by atoms with Crippen molar-refractivity contribution in [3.8, 4) is 0 Å². The van der Waals surface area contributed by atoms with Gasteiger partial charge in [-0.3, -0.25) is 0 Å². The molecule has 0 rings (SSSR count). The predicted molar refractivity (Wildman–Crippen MR) is 34.4 cm³/mol. The zero-order valence-electron chi connectivity index (χ0n) is 5.68. The monoisotopic (exact) mass is 115 g/mol. The Labute approximate surface area is 50.2 Å². The highest BCUT2D eigenvalue weighted by Gasteiger charge is 1.95. The summed E-state index contributed by atoms with van der Waals surface area (Å²) in [5, 5.41) is 11.2. The minimum atomic E-state index is 0.589. The fourth-order valence-corrected chi connectivity index (χ4v) is 0.632. The summed E-state index contributed by atoms with van der Waals surface area (Å²) in [6, 6.07) is 0. The van der Waals surface area contributed by atoms with Crippen LogP contribution in [0.1, 0.15) is 27.2 Å². The largest absolute Gasteiger partial charge is 0.411 e. The summed E-state index contributed by atoms with van der Waals surface area (Å²) in [5.74, 6) is 0.589. The van der Waals surface area contributed by atoms with Crippen LogP contribution in [0.25, 0.3) is 0 Å². The SMILES string of the molecule is C/C(CC(C)C)=N\O. The Morgan fingerprint density at radius 3 is 2.25 bits per heavy atom.